The van der Waals surface area contributed by atoms with Crippen molar-refractivity contribution in [1.29, 1.82) is 0 Å². The Labute approximate surface area is 94.8 Å². The molecule has 0 spiro atoms. The number of rotatable bonds is 4. The van der Waals surface area contributed by atoms with E-state index in [1.54, 1.807) is 0 Å². The highest BCUT2D eigenvalue weighted by molar-refractivity contribution is 7.80. The van der Waals surface area contributed by atoms with Gasteiger partial charge in [-0.25, -0.2) is 0 Å². The Morgan fingerprint density at radius 3 is 2.64 bits per heavy atom. The molecule has 0 heterocycles. The molecular weight excluding hydrogens is 216 g/mol. The third-order valence-corrected chi connectivity index (χ3v) is 3.65. The highest BCUT2D eigenvalue weighted by atomic mass is 35.5. The molecule has 0 radical (unpaired) electrons. The summed E-state index contributed by atoms with van der Waals surface area (Å²) in [4.78, 5) is 0. The number of hydrogen-bond acceptors (Lipinski definition) is 2. The van der Waals surface area contributed by atoms with E-state index in [-0.39, 0.29) is 0 Å². The van der Waals surface area contributed by atoms with Crippen molar-refractivity contribution in [2.45, 2.75) is 12.8 Å². The monoisotopic (exact) mass is 228 g/mol. The third-order valence-electron chi connectivity index (χ3n) is 2.66. The van der Waals surface area contributed by atoms with E-state index in [4.69, 9.17) is 16.3 Å². The summed E-state index contributed by atoms with van der Waals surface area (Å²) in [5, 5.41) is 0.683. The third kappa shape index (κ3) is 2.18. The summed E-state index contributed by atoms with van der Waals surface area (Å²) in [5.74, 6) is 1.68. The number of ether oxygens (including phenoxy) is 1. The molecule has 1 nitrogen and oxygen atoms in total. The molecule has 14 heavy (non-hydrogen) atoms. The van der Waals surface area contributed by atoms with Crippen molar-refractivity contribution in [3.8, 4) is 5.75 Å². The van der Waals surface area contributed by atoms with Crippen LogP contribution >= 0.6 is 24.2 Å². The van der Waals surface area contributed by atoms with E-state index in [0.717, 1.165) is 18.1 Å². The molecule has 0 amide bonds. The van der Waals surface area contributed by atoms with Gasteiger partial charge in [0.25, 0.3) is 0 Å². The first-order valence-electron chi connectivity index (χ1n) is 4.74. The van der Waals surface area contributed by atoms with Crippen LogP contribution in [0.1, 0.15) is 12.8 Å². The topological polar surface area (TPSA) is 9.23 Å². The van der Waals surface area contributed by atoms with Gasteiger partial charge in [0, 0.05) is 5.41 Å². The second-order valence-electron chi connectivity index (χ2n) is 3.88. The van der Waals surface area contributed by atoms with Gasteiger partial charge in [-0.1, -0.05) is 23.7 Å². The Morgan fingerprint density at radius 1 is 1.36 bits per heavy atom. The molecule has 1 aromatic carbocycles. The number of thiol groups is 1. The van der Waals surface area contributed by atoms with Crippen LogP contribution in [0, 0.1) is 5.41 Å². The molecule has 1 fully saturated rings. The highest BCUT2D eigenvalue weighted by Crippen LogP contribution is 2.46. The fourth-order valence-electron chi connectivity index (χ4n) is 1.32. The van der Waals surface area contributed by atoms with E-state index < -0.39 is 0 Å². The summed E-state index contributed by atoms with van der Waals surface area (Å²) in [6.07, 6.45) is 2.45. The van der Waals surface area contributed by atoms with Crippen LogP contribution in [-0.2, 0) is 0 Å². The van der Waals surface area contributed by atoms with Crippen LogP contribution in [0.3, 0.4) is 0 Å². The molecule has 0 saturated heterocycles. The first-order chi connectivity index (χ1) is 6.76. The van der Waals surface area contributed by atoms with Crippen LogP contribution in [0.25, 0.3) is 0 Å². The van der Waals surface area contributed by atoms with Gasteiger partial charge in [-0.05, 0) is 30.7 Å². The van der Waals surface area contributed by atoms with E-state index in [2.05, 4.69) is 12.6 Å². The van der Waals surface area contributed by atoms with E-state index in [0.29, 0.717) is 10.4 Å². The summed E-state index contributed by atoms with van der Waals surface area (Å²) in [6.45, 7) is 0.736. The molecule has 0 aromatic heterocycles. The Balaban J connectivity index is 1.95. The normalized spacial score (nSPS) is 17.9. The fourth-order valence-corrected chi connectivity index (χ4v) is 1.92. The lowest BCUT2D eigenvalue weighted by atomic mass is 10.2. The van der Waals surface area contributed by atoms with Crippen molar-refractivity contribution in [3.63, 3.8) is 0 Å². The molecule has 3 heteroatoms. The maximum atomic E-state index is 5.97. The average Bonchev–Trinajstić information content (AvgIpc) is 2.98. The van der Waals surface area contributed by atoms with E-state index in [1.807, 2.05) is 24.3 Å². The van der Waals surface area contributed by atoms with Crippen LogP contribution < -0.4 is 4.74 Å². The molecule has 0 unspecified atom stereocenters. The Morgan fingerprint density at radius 2 is 2.07 bits per heavy atom. The number of benzene rings is 1. The van der Waals surface area contributed by atoms with Crippen molar-refractivity contribution in [2.24, 2.45) is 5.41 Å². The molecule has 0 bridgehead atoms. The van der Waals surface area contributed by atoms with Gasteiger partial charge in [0.2, 0.25) is 0 Å². The van der Waals surface area contributed by atoms with Gasteiger partial charge in [-0.15, -0.1) is 0 Å². The molecule has 0 atom stereocenters. The second-order valence-corrected chi connectivity index (χ2v) is 4.60. The molecule has 76 valence electrons. The van der Waals surface area contributed by atoms with Crippen molar-refractivity contribution >= 4 is 24.2 Å². The SMILES string of the molecule is SCC1(COc2ccccc2Cl)CC1. The Bertz CT molecular complexity index is 323. The first kappa shape index (κ1) is 10.2. The lowest BCUT2D eigenvalue weighted by Gasteiger charge is -2.14. The second kappa shape index (κ2) is 4.03. The minimum Gasteiger partial charge on any atom is -0.491 e. The van der Waals surface area contributed by atoms with Crippen LogP contribution in [0.5, 0.6) is 5.75 Å². The molecular formula is C11H13ClOS. The van der Waals surface area contributed by atoms with Gasteiger partial charge in [-0.2, -0.15) is 12.6 Å². The Kier molecular flexibility index (Phi) is 2.93. The average molecular weight is 229 g/mol. The molecule has 0 N–H and O–H groups in total. The first-order valence-corrected chi connectivity index (χ1v) is 5.75. The molecule has 1 saturated carbocycles. The van der Waals surface area contributed by atoms with E-state index in [9.17, 15) is 0 Å². The van der Waals surface area contributed by atoms with Crippen molar-refractivity contribution < 1.29 is 4.74 Å². The molecule has 1 aliphatic carbocycles. The smallest absolute Gasteiger partial charge is 0.137 e. The molecule has 1 aliphatic rings. The molecule has 1 aromatic rings. The zero-order valence-corrected chi connectivity index (χ0v) is 9.52. The van der Waals surface area contributed by atoms with Crippen LogP contribution in [0.2, 0.25) is 5.02 Å². The van der Waals surface area contributed by atoms with Crippen LogP contribution in [0.4, 0.5) is 0 Å². The highest BCUT2D eigenvalue weighted by Gasteiger charge is 2.42. The summed E-state index contributed by atoms with van der Waals surface area (Å²) < 4.78 is 5.67. The maximum absolute atomic E-state index is 5.97. The summed E-state index contributed by atoms with van der Waals surface area (Å²) in [7, 11) is 0. The predicted molar refractivity (Wildman–Crippen MR) is 62.5 cm³/mol. The predicted octanol–water partition coefficient (Wildman–Crippen LogP) is 3.43. The van der Waals surface area contributed by atoms with Crippen molar-refractivity contribution in [1.82, 2.24) is 0 Å². The molecule has 2 rings (SSSR count). The summed E-state index contributed by atoms with van der Waals surface area (Å²) >= 11 is 10.3. The maximum Gasteiger partial charge on any atom is 0.137 e. The van der Waals surface area contributed by atoms with Gasteiger partial charge >= 0.3 is 0 Å². The van der Waals surface area contributed by atoms with E-state index >= 15 is 0 Å². The van der Waals surface area contributed by atoms with Gasteiger partial charge in [0.15, 0.2) is 0 Å². The number of hydrogen-bond donors (Lipinski definition) is 1. The lowest BCUT2D eigenvalue weighted by molar-refractivity contribution is 0.251. The van der Waals surface area contributed by atoms with Crippen LogP contribution in [-0.4, -0.2) is 12.4 Å². The van der Waals surface area contributed by atoms with Crippen molar-refractivity contribution in [2.75, 3.05) is 12.4 Å². The summed E-state index contributed by atoms with van der Waals surface area (Å²) in [6, 6.07) is 7.58. The molecule has 0 aliphatic heterocycles. The van der Waals surface area contributed by atoms with Gasteiger partial charge < -0.3 is 4.74 Å². The number of para-hydroxylation sites is 1. The summed E-state index contributed by atoms with van der Waals surface area (Å²) in [5.41, 5.74) is 0.322. The number of halogens is 1. The lowest BCUT2D eigenvalue weighted by Crippen LogP contribution is -2.14. The Hall–Kier alpha value is -0.340. The van der Waals surface area contributed by atoms with Gasteiger partial charge in [0.1, 0.15) is 5.75 Å². The fraction of sp³-hybridized carbons (Fsp3) is 0.455. The van der Waals surface area contributed by atoms with Gasteiger partial charge in [-0.3, -0.25) is 0 Å². The van der Waals surface area contributed by atoms with Gasteiger partial charge in [0.05, 0.1) is 11.6 Å². The minimum atomic E-state index is 0.322. The van der Waals surface area contributed by atoms with E-state index in [1.165, 1.54) is 12.8 Å². The quantitative estimate of drug-likeness (QED) is 0.777. The standard InChI is InChI=1S/C11H13ClOS/c12-9-3-1-2-4-10(9)13-7-11(8-14)5-6-11/h1-4,14H,5-8H2. The largest absolute Gasteiger partial charge is 0.491 e. The zero-order chi connectivity index (χ0) is 10.0. The van der Waals surface area contributed by atoms with Crippen LogP contribution in [0.15, 0.2) is 24.3 Å². The van der Waals surface area contributed by atoms with Crippen molar-refractivity contribution in [3.05, 3.63) is 29.3 Å². The minimum absolute atomic E-state index is 0.322. The zero-order valence-electron chi connectivity index (χ0n) is 7.87.